The van der Waals surface area contributed by atoms with E-state index in [9.17, 15) is 9.18 Å². The topological polar surface area (TPSA) is 74.5 Å². The third-order valence-electron chi connectivity index (χ3n) is 3.48. The molecule has 25 heavy (non-hydrogen) atoms. The summed E-state index contributed by atoms with van der Waals surface area (Å²) in [5, 5.41) is 7.84. The zero-order valence-electron chi connectivity index (χ0n) is 13.6. The van der Waals surface area contributed by atoms with Crippen LogP contribution in [0.25, 0.3) is 11.5 Å². The van der Waals surface area contributed by atoms with Crippen LogP contribution in [-0.2, 0) is 4.74 Å². The van der Waals surface area contributed by atoms with Crippen LogP contribution in [0.5, 0.6) is 5.75 Å². The summed E-state index contributed by atoms with van der Waals surface area (Å²) in [7, 11) is 1.35. The average Bonchev–Trinajstić information content (AvgIpc) is 3.12. The molecule has 0 bridgehead atoms. The third kappa shape index (κ3) is 3.65. The molecule has 128 valence electrons. The number of rotatable bonds is 5. The van der Waals surface area contributed by atoms with Gasteiger partial charge < -0.3 is 13.9 Å². The summed E-state index contributed by atoms with van der Waals surface area (Å²) in [6.07, 6.45) is -0.775. The maximum Gasteiger partial charge on any atom is 0.339 e. The Morgan fingerprint density at radius 1 is 1.16 bits per heavy atom. The largest absolute Gasteiger partial charge is 0.494 e. The van der Waals surface area contributed by atoms with E-state index in [-0.39, 0.29) is 17.2 Å². The minimum Gasteiger partial charge on any atom is -0.494 e. The summed E-state index contributed by atoms with van der Waals surface area (Å²) in [5.74, 6) is -0.813. The van der Waals surface area contributed by atoms with Crippen LogP contribution >= 0.6 is 0 Å². The van der Waals surface area contributed by atoms with Crippen molar-refractivity contribution in [2.45, 2.75) is 13.0 Å². The van der Waals surface area contributed by atoms with Crippen molar-refractivity contribution in [1.29, 1.82) is 0 Å². The molecule has 0 N–H and O–H groups in total. The minimum atomic E-state index is -0.775. The third-order valence-corrected chi connectivity index (χ3v) is 3.48. The monoisotopic (exact) mass is 342 g/mol. The van der Waals surface area contributed by atoms with Crippen LogP contribution in [0.1, 0.15) is 29.3 Å². The molecule has 1 atom stereocenters. The van der Waals surface area contributed by atoms with Crippen molar-refractivity contribution in [1.82, 2.24) is 10.2 Å². The zero-order valence-corrected chi connectivity index (χ0v) is 13.6. The highest BCUT2D eigenvalue weighted by molar-refractivity contribution is 5.89. The molecule has 0 saturated carbocycles. The number of hydrogen-bond donors (Lipinski definition) is 0. The van der Waals surface area contributed by atoms with Crippen LogP contribution < -0.4 is 4.74 Å². The Bertz CT molecular complexity index is 880. The standard InChI is InChI=1S/C18H15FN2O4/c1-11(16-20-21-17(25-16)12-6-4-3-5-7-12)24-18(22)13-8-9-15(23-2)14(19)10-13/h3-11H,1-2H3/t11-/m1/s1. The van der Waals surface area contributed by atoms with E-state index < -0.39 is 17.9 Å². The normalized spacial score (nSPS) is 11.8. The molecule has 0 aliphatic rings. The number of benzene rings is 2. The number of ether oxygens (including phenoxy) is 2. The number of aromatic nitrogens is 2. The number of nitrogens with zero attached hydrogens (tertiary/aromatic N) is 2. The molecule has 0 saturated heterocycles. The van der Waals surface area contributed by atoms with Crippen LogP contribution in [0.2, 0.25) is 0 Å². The van der Waals surface area contributed by atoms with E-state index in [2.05, 4.69) is 10.2 Å². The second kappa shape index (κ2) is 7.12. The first kappa shape index (κ1) is 16.6. The molecule has 1 aromatic heterocycles. The van der Waals surface area contributed by atoms with E-state index >= 15 is 0 Å². The van der Waals surface area contributed by atoms with Gasteiger partial charge in [-0.05, 0) is 37.3 Å². The SMILES string of the molecule is COc1ccc(C(=O)O[C@H](C)c2nnc(-c3ccccc3)o2)cc1F. The van der Waals surface area contributed by atoms with E-state index in [1.165, 1.54) is 19.2 Å². The van der Waals surface area contributed by atoms with Crippen molar-refractivity contribution < 1.29 is 23.1 Å². The molecule has 0 amide bonds. The van der Waals surface area contributed by atoms with Gasteiger partial charge in [-0.1, -0.05) is 18.2 Å². The maximum atomic E-state index is 13.7. The van der Waals surface area contributed by atoms with E-state index in [0.717, 1.165) is 11.6 Å². The number of halogens is 1. The van der Waals surface area contributed by atoms with Gasteiger partial charge in [-0.25, -0.2) is 9.18 Å². The van der Waals surface area contributed by atoms with E-state index in [1.807, 2.05) is 30.3 Å². The fourth-order valence-electron chi connectivity index (χ4n) is 2.17. The van der Waals surface area contributed by atoms with Gasteiger partial charge in [-0.3, -0.25) is 0 Å². The zero-order chi connectivity index (χ0) is 17.8. The highest BCUT2D eigenvalue weighted by Gasteiger charge is 2.20. The van der Waals surface area contributed by atoms with Crippen molar-refractivity contribution in [3.05, 3.63) is 65.8 Å². The Hall–Kier alpha value is -3.22. The first-order chi connectivity index (χ1) is 12.1. The molecule has 3 aromatic rings. The molecule has 0 aliphatic heterocycles. The van der Waals surface area contributed by atoms with Crippen LogP contribution in [0.15, 0.2) is 52.9 Å². The lowest BCUT2D eigenvalue weighted by Crippen LogP contribution is -2.10. The van der Waals surface area contributed by atoms with Crippen LogP contribution in [-0.4, -0.2) is 23.3 Å². The summed E-state index contributed by atoms with van der Waals surface area (Å²) in [6.45, 7) is 1.60. The van der Waals surface area contributed by atoms with Gasteiger partial charge >= 0.3 is 5.97 Å². The molecule has 0 unspecified atom stereocenters. The molecule has 0 aliphatic carbocycles. The summed E-state index contributed by atoms with van der Waals surface area (Å²) in [5.41, 5.74) is 0.824. The lowest BCUT2D eigenvalue weighted by molar-refractivity contribution is 0.0279. The maximum absolute atomic E-state index is 13.7. The molecular weight excluding hydrogens is 327 g/mol. The first-order valence-corrected chi connectivity index (χ1v) is 7.52. The summed E-state index contributed by atoms with van der Waals surface area (Å²) in [4.78, 5) is 12.1. The molecule has 6 nitrogen and oxygen atoms in total. The quantitative estimate of drug-likeness (QED) is 0.657. The van der Waals surface area contributed by atoms with Gasteiger partial charge in [0.15, 0.2) is 17.7 Å². The smallest absolute Gasteiger partial charge is 0.339 e. The van der Waals surface area contributed by atoms with Gasteiger partial charge in [0.05, 0.1) is 12.7 Å². The van der Waals surface area contributed by atoms with E-state index in [0.29, 0.717) is 5.89 Å². The van der Waals surface area contributed by atoms with Gasteiger partial charge in [0, 0.05) is 5.56 Å². The van der Waals surface area contributed by atoms with Crippen LogP contribution in [0.4, 0.5) is 4.39 Å². The molecule has 0 radical (unpaired) electrons. The van der Waals surface area contributed by atoms with Crippen molar-refractivity contribution in [3.63, 3.8) is 0 Å². The molecule has 0 fully saturated rings. The van der Waals surface area contributed by atoms with E-state index in [4.69, 9.17) is 13.9 Å². The van der Waals surface area contributed by atoms with Crippen molar-refractivity contribution in [2.24, 2.45) is 0 Å². The fraction of sp³-hybridized carbons (Fsp3) is 0.167. The number of carbonyl (C=O) groups is 1. The summed E-state index contributed by atoms with van der Waals surface area (Å²) >= 11 is 0. The van der Waals surface area contributed by atoms with Crippen molar-refractivity contribution >= 4 is 5.97 Å². The van der Waals surface area contributed by atoms with Crippen molar-refractivity contribution in [3.8, 4) is 17.2 Å². The van der Waals surface area contributed by atoms with Crippen molar-refractivity contribution in [2.75, 3.05) is 7.11 Å². The summed E-state index contributed by atoms with van der Waals surface area (Å²) < 4.78 is 29.3. The number of esters is 1. The van der Waals surface area contributed by atoms with Gasteiger partial charge in [-0.15, -0.1) is 10.2 Å². The predicted octanol–water partition coefficient (Wildman–Crippen LogP) is 3.80. The highest BCUT2D eigenvalue weighted by atomic mass is 19.1. The average molecular weight is 342 g/mol. The molecule has 2 aromatic carbocycles. The lowest BCUT2D eigenvalue weighted by atomic mass is 10.2. The summed E-state index contributed by atoms with van der Waals surface area (Å²) in [6, 6.07) is 13.1. The predicted molar refractivity (Wildman–Crippen MR) is 86.5 cm³/mol. The minimum absolute atomic E-state index is 0.0500. The Labute approximate surface area is 143 Å². The molecular formula is C18H15FN2O4. The molecule has 3 rings (SSSR count). The lowest BCUT2D eigenvalue weighted by Gasteiger charge is -2.10. The number of hydrogen-bond acceptors (Lipinski definition) is 6. The van der Waals surface area contributed by atoms with Crippen LogP contribution in [0.3, 0.4) is 0 Å². The van der Waals surface area contributed by atoms with Gasteiger partial charge in [-0.2, -0.15) is 0 Å². The van der Waals surface area contributed by atoms with Gasteiger partial charge in [0.1, 0.15) is 0 Å². The van der Waals surface area contributed by atoms with E-state index in [1.54, 1.807) is 6.92 Å². The second-order valence-electron chi connectivity index (χ2n) is 5.21. The Morgan fingerprint density at radius 2 is 1.92 bits per heavy atom. The molecule has 1 heterocycles. The van der Waals surface area contributed by atoms with Gasteiger partial charge in [0.2, 0.25) is 5.89 Å². The first-order valence-electron chi connectivity index (χ1n) is 7.52. The van der Waals surface area contributed by atoms with Gasteiger partial charge in [0.25, 0.3) is 5.89 Å². The molecule has 7 heteroatoms. The fourth-order valence-corrected chi connectivity index (χ4v) is 2.17. The second-order valence-corrected chi connectivity index (χ2v) is 5.21. The molecule has 0 spiro atoms. The Kier molecular flexibility index (Phi) is 4.74. The Morgan fingerprint density at radius 3 is 2.60 bits per heavy atom. The number of methoxy groups -OCH3 is 1. The highest BCUT2D eigenvalue weighted by Crippen LogP contribution is 2.24. The van der Waals surface area contributed by atoms with Crippen LogP contribution in [0, 0.1) is 5.82 Å². The number of carbonyl (C=O) groups excluding carboxylic acids is 1. The Balaban J connectivity index is 1.72.